The van der Waals surface area contributed by atoms with Gasteiger partial charge in [-0.25, -0.2) is 14.8 Å². The molecule has 26 heavy (non-hydrogen) atoms. The molecule has 132 valence electrons. The van der Waals surface area contributed by atoms with E-state index >= 15 is 0 Å². The summed E-state index contributed by atoms with van der Waals surface area (Å²) < 4.78 is 4.82. The van der Waals surface area contributed by atoms with Crippen molar-refractivity contribution in [2.75, 3.05) is 17.7 Å². The maximum absolute atomic E-state index is 11.9. The first kappa shape index (κ1) is 17.4. The van der Waals surface area contributed by atoms with Crippen molar-refractivity contribution in [2.24, 2.45) is 0 Å². The highest BCUT2D eigenvalue weighted by atomic mass is 16.5. The molecule has 0 saturated carbocycles. The minimum atomic E-state index is -0.407. The van der Waals surface area contributed by atoms with E-state index < -0.39 is 5.97 Å². The monoisotopic (exact) mass is 348 g/mol. The number of hydrogen-bond donors (Lipinski definition) is 2. The summed E-state index contributed by atoms with van der Waals surface area (Å²) >= 11 is 0. The second-order valence-corrected chi connectivity index (χ2v) is 5.89. The van der Waals surface area contributed by atoms with Gasteiger partial charge in [-0.3, -0.25) is 0 Å². The molecule has 2 aromatic carbocycles. The van der Waals surface area contributed by atoms with E-state index in [4.69, 9.17) is 4.74 Å². The summed E-state index contributed by atoms with van der Waals surface area (Å²) in [5, 5.41) is 6.44. The minimum absolute atomic E-state index is 0.407. The molecule has 0 aliphatic carbocycles. The molecule has 0 amide bonds. The highest BCUT2D eigenvalue weighted by Crippen LogP contribution is 2.24. The molecular formula is C20H20N4O2. The van der Waals surface area contributed by atoms with E-state index in [0.717, 1.165) is 11.3 Å². The zero-order chi connectivity index (χ0) is 18.5. The summed E-state index contributed by atoms with van der Waals surface area (Å²) in [4.78, 5) is 20.4. The number of aryl methyl sites for hydroxylation is 2. The third-order valence-corrected chi connectivity index (χ3v) is 3.91. The first-order valence-corrected chi connectivity index (χ1v) is 8.17. The van der Waals surface area contributed by atoms with Gasteiger partial charge in [0.2, 0.25) is 0 Å². The van der Waals surface area contributed by atoms with Crippen molar-refractivity contribution in [1.29, 1.82) is 0 Å². The van der Waals surface area contributed by atoms with Crippen molar-refractivity contribution in [1.82, 2.24) is 9.97 Å². The Kier molecular flexibility index (Phi) is 5.12. The van der Waals surface area contributed by atoms with E-state index in [1.165, 1.54) is 19.0 Å². The molecule has 1 aromatic heterocycles. The van der Waals surface area contributed by atoms with Crippen LogP contribution < -0.4 is 10.6 Å². The molecule has 0 unspecified atom stereocenters. The molecule has 6 nitrogen and oxygen atoms in total. The van der Waals surface area contributed by atoms with E-state index in [2.05, 4.69) is 33.6 Å². The number of methoxy groups -OCH3 is 1. The summed E-state index contributed by atoms with van der Waals surface area (Å²) in [5.74, 6) is 0.824. The van der Waals surface area contributed by atoms with Crippen LogP contribution in [0.5, 0.6) is 0 Å². The molecule has 6 heteroatoms. The number of carbonyl (C=O) groups excluding carboxylic acids is 1. The molecule has 1 heterocycles. The largest absolute Gasteiger partial charge is 0.465 e. The Hall–Kier alpha value is -3.41. The summed E-state index contributed by atoms with van der Waals surface area (Å²) in [6, 6.07) is 15.1. The van der Waals surface area contributed by atoms with Gasteiger partial charge in [0.05, 0.1) is 18.4 Å². The van der Waals surface area contributed by atoms with Crippen LogP contribution in [0, 0.1) is 13.8 Å². The summed E-state index contributed by atoms with van der Waals surface area (Å²) in [5.41, 5.74) is 4.38. The highest BCUT2D eigenvalue weighted by molar-refractivity contribution is 5.96. The van der Waals surface area contributed by atoms with Crippen LogP contribution in [-0.4, -0.2) is 23.0 Å². The third kappa shape index (κ3) is 3.97. The van der Waals surface area contributed by atoms with Crippen LogP contribution in [0.25, 0.3) is 0 Å². The number of ether oxygens (including phenoxy) is 1. The lowest BCUT2D eigenvalue weighted by Gasteiger charge is -2.12. The summed E-state index contributed by atoms with van der Waals surface area (Å²) in [7, 11) is 1.36. The zero-order valence-electron chi connectivity index (χ0n) is 14.9. The van der Waals surface area contributed by atoms with E-state index in [1.807, 2.05) is 25.1 Å². The molecule has 0 bridgehead atoms. The Balaban J connectivity index is 1.83. The molecule has 0 spiro atoms. The topological polar surface area (TPSA) is 76.1 Å². The normalized spacial score (nSPS) is 10.3. The Bertz CT molecular complexity index is 941. The number of benzene rings is 2. The Morgan fingerprint density at radius 2 is 1.62 bits per heavy atom. The number of nitrogens with one attached hydrogen (secondary N) is 2. The van der Waals surface area contributed by atoms with Gasteiger partial charge < -0.3 is 15.4 Å². The van der Waals surface area contributed by atoms with Gasteiger partial charge in [-0.2, -0.15) is 0 Å². The van der Waals surface area contributed by atoms with Gasteiger partial charge in [-0.1, -0.05) is 29.8 Å². The van der Waals surface area contributed by atoms with Crippen LogP contribution in [0.3, 0.4) is 0 Å². The number of rotatable bonds is 5. The maximum atomic E-state index is 11.9. The Morgan fingerprint density at radius 3 is 2.31 bits per heavy atom. The van der Waals surface area contributed by atoms with Gasteiger partial charge in [-0.05, 0) is 37.6 Å². The number of carbonyl (C=O) groups is 1. The summed E-state index contributed by atoms with van der Waals surface area (Å²) in [6.07, 6.45) is 1.47. The lowest BCUT2D eigenvalue weighted by atomic mass is 10.1. The van der Waals surface area contributed by atoms with Gasteiger partial charge >= 0.3 is 5.97 Å². The molecule has 0 saturated heterocycles. The lowest BCUT2D eigenvalue weighted by Crippen LogP contribution is -2.06. The standard InChI is InChI=1S/C20H20N4O2/c1-13-8-9-16(14(2)10-13)23-18-11-19(22-12-21-18)24-17-7-5-4-6-15(17)20(25)26-3/h4-12H,1-3H3,(H2,21,22,23,24). The predicted octanol–water partition coefficient (Wildman–Crippen LogP) is 4.37. The SMILES string of the molecule is COC(=O)c1ccccc1Nc1cc(Nc2ccc(C)cc2C)ncn1. The minimum Gasteiger partial charge on any atom is -0.465 e. The Morgan fingerprint density at radius 1 is 0.923 bits per heavy atom. The van der Waals surface area contributed by atoms with E-state index in [9.17, 15) is 4.79 Å². The number of esters is 1. The number of anilines is 4. The summed E-state index contributed by atoms with van der Waals surface area (Å²) in [6.45, 7) is 4.10. The van der Waals surface area contributed by atoms with Crippen LogP contribution in [0.15, 0.2) is 54.9 Å². The maximum Gasteiger partial charge on any atom is 0.339 e. The fourth-order valence-electron chi connectivity index (χ4n) is 2.60. The molecular weight excluding hydrogens is 328 g/mol. The highest BCUT2D eigenvalue weighted by Gasteiger charge is 2.12. The second-order valence-electron chi connectivity index (χ2n) is 5.89. The molecule has 3 aromatic rings. The molecule has 0 atom stereocenters. The fourth-order valence-corrected chi connectivity index (χ4v) is 2.60. The van der Waals surface area contributed by atoms with Crippen LogP contribution in [0.4, 0.5) is 23.0 Å². The number of para-hydroxylation sites is 1. The van der Waals surface area contributed by atoms with Gasteiger partial charge in [0.25, 0.3) is 0 Å². The molecule has 3 rings (SSSR count). The lowest BCUT2D eigenvalue weighted by molar-refractivity contribution is 0.0602. The average Bonchev–Trinajstić information content (AvgIpc) is 2.64. The zero-order valence-corrected chi connectivity index (χ0v) is 14.9. The number of nitrogens with zero attached hydrogens (tertiary/aromatic N) is 2. The van der Waals surface area contributed by atoms with E-state index in [-0.39, 0.29) is 0 Å². The van der Waals surface area contributed by atoms with Gasteiger partial charge in [-0.15, -0.1) is 0 Å². The van der Waals surface area contributed by atoms with Crippen molar-refractivity contribution in [3.05, 3.63) is 71.5 Å². The van der Waals surface area contributed by atoms with Crippen molar-refractivity contribution < 1.29 is 9.53 Å². The van der Waals surface area contributed by atoms with Crippen molar-refractivity contribution in [2.45, 2.75) is 13.8 Å². The molecule has 0 radical (unpaired) electrons. The van der Waals surface area contributed by atoms with Crippen molar-refractivity contribution in [3.8, 4) is 0 Å². The number of hydrogen-bond acceptors (Lipinski definition) is 6. The first-order chi connectivity index (χ1) is 12.6. The van der Waals surface area contributed by atoms with Crippen molar-refractivity contribution in [3.63, 3.8) is 0 Å². The van der Waals surface area contributed by atoms with Crippen LogP contribution >= 0.6 is 0 Å². The molecule has 0 fully saturated rings. The quantitative estimate of drug-likeness (QED) is 0.667. The van der Waals surface area contributed by atoms with Gasteiger partial charge in [0, 0.05) is 11.8 Å². The first-order valence-electron chi connectivity index (χ1n) is 8.17. The van der Waals surface area contributed by atoms with Gasteiger partial charge in [0.1, 0.15) is 18.0 Å². The van der Waals surface area contributed by atoms with Crippen LogP contribution in [-0.2, 0) is 4.74 Å². The molecule has 0 aliphatic rings. The smallest absolute Gasteiger partial charge is 0.339 e. The third-order valence-electron chi connectivity index (χ3n) is 3.91. The molecule has 2 N–H and O–H groups in total. The van der Waals surface area contributed by atoms with Crippen LogP contribution in [0.1, 0.15) is 21.5 Å². The Labute approximate surface area is 152 Å². The van der Waals surface area contributed by atoms with E-state index in [1.54, 1.807) is 24.3 Å². The van der Waals surface area contributed by atoms with Gasteiger partial charge in [0.15, 0.2) is 0 Å². The molecule has 0 aliphatic heterocycles. The number of aromatic nitrogens is 2. The van der Waals surface area contributed by atoms with E-state index in [0.29, 0.717) is 22.9 Å². The van der Waals surface area contributed by atoms with Crippen LogP contribution in [0.2, 0.25) is 0 Å². The second kappa shape index (κ2) is 7.65. The fraction of sp³-hybridized carbons (Fsp3) is 0.150. The average molecular weight is 348 g/mol. The van der Waals surface area contributed by atoms with Crippen molar-refractivity contribution >= 4 is 29.0 Å². The predicted molar refractivity (Wildman–Crippen MR) is 102 cm³/mol.